The van der Waals surface area contributed by atoms with Crippen molar-refractivity contribution in [1.29, 1.82) is 0 Å². The van der Waals surface area contributed by atoms with Gasteiger partial charge in [-0.3, -0.25) is 24.2 Å². The second-order valence-electron chi connectivity index (χ2n) is 10.4. The highest BCUT2D eigenvalue weighted by Gasteiger charge is 2.47. The predicted molar refractivity (Wildman–Crippen MR) is 141 cm³/mol. The summed E-state index contributed by atoms with van der Waals surface area (Å²) in [6.07, 6.45) is 2.78. The fourth-order valence-corrected chi connectivity index (χ4v) is 6.47. The number of esters is 1. The molecule has 3 aliphatic rings. The van der Waals surface area contributed by atoms with Crippen molar-refractivity contribution in [2.75, 3.05) is 19.3 Å². The average molecular weight is 574 g/mol. The first kappa shape index (κ1) is 27.9. The molecule has 3 aliphatic heterocycles. The summed E-state index contributed by atoms with van der Waals surface area (Å²) in [4.78, 5) is 58.0. The number of nitrogens with one attached hydrogen (secondary N) is 2. The molecular formula is C26H31N5O8S. The van der Waals surface area contributed by atoms with Gasteiger partial charge in [0.2, 0.25) is 28.1 Å². The SMILES string of the molecule is CS(=O)(=O)N1C[C@@H]2CCCC[C@H](NC(=O)c3nccc4ccccc34)C(=O)N2[C@H](C(=O)NC2CC(=O)OC2O)C1. The van der Waals surface area contributed by atoms with E-state index >= 15 is 0 Å². The fraction of sp³-hybridized carbons (Fsp3) is 0.500. The molecule has 2 aromatic rings. The van der Waals surface area contributed by atoms with E-state index in [0.29, 0.717) is 31.1 Å². The Hall–Kier alpha value is -3.62. The van der Waals surface area contributed by atoms with Crippen LogP contribution in [0.4, 0.5) is 0 Å². The van der Waals surface area contributed by atoms with Crippen LogP contribution in [-0.2, 0) is 29.1 Å². The van der Waals surface area contributed by atoms with Gasteiger partial charge < -0.3 is 25.4 Å². The Labute approximate surface area is 230 Å². The van der Waals surface area contributed by atoms with E-state index in [4.69, 9.17) is 4.74 Å². The zero-order valence-electron chi connectivity index (χ0n) is 21.9. The molecule has 0 bridgehead atoms. The summed E-state index contributed by atoms with van der Waals surface area (Å²) in [5.74, 6) is -2.46. The minimum Gasteiger partial charge on any atom is -0.434 e. The van der Waals surface area contributed by atoms with Gasteiger partial charge in [-0.25, -0.2) is 8.42 Å². The number of cyclic esters (lactones) is 1. The number of piperazine rings is 1. The molecule has 4 heterocycles. The van der Waals surface area contributed by atoms with Crippen molar-refractivity contribution in [1.82, 2.24) is 24.8 Å². The molecule has 40 heavy (non-hydrogen) atoms. The smallest absolute Gasteiger partial charge is 0.310 e. The summed E-state index contributed by atoms with van der Waals surface area (Å²) in [5, 5.41) is 16.8. The number of amides is 3. The first-order valence-corrected chi connectivity index (χ1v) is 15.0. The van der Waals surface area contributed by atoms with Crippen LogP contribution in [0.15, 0.2) is 36.5 Å². The number of rotatable bonds is 5. The van der Waals surface area contributed by atoms with Crippen molar-refractivity contribution in [2.45, 2.75) is 62.6 Å². The van der Waals surface area contributed by atoms with Gasteiger partial charge in [-0.2, -0.15) is 4.31 Å². The number of sulfonamides is 1. The van der Waals surface area contributed by atoms with Crippen LogP contribution in [0, 0.1) is 0 Å². The van der Waals surface area contributed by atoms with Gasteiger partial charge in [-0.1, -0.05) is 37.1 Å². The highest BCUT2D eigenvalue weighted by Crippen LogP contribution is 2.28. The molecule has 1 aromatic carbocycles. The predicted octanol–water partition coefficient (Wildman–Crippen LogP) is -0.502. The standard InChI is InChI=1S/C26H31N5O8S/c1-40(37,38)30-13-16-7-3-5-9-18(28-24(34)22-17-8-4-2-6-15(17)10-11-27-22)25(35)31(16)20(14-30)23(33)29-19-12-21(32)39-26(19)36/h2,4,6,8,10-11,16,18-20,26,36H,3,5,7,9,12-14H2,1H3,(H,28,34)(H,29,33)/t16-,18-,19?,20-,26?/m0/s1. The van der Waals surface area contributed by atoms with E-state index in [0.717, 1.165) is 15.9 Å². The molecule has 3 fully saturated rings. The van der Waals surface area contributed by atoms with E-state index in [2.05, 4.69) is 15.6 Å². The lowest BCUT2D eigenvalue weighted by atomic mass is 9.94. The summed E-state index contributed by atoms with van der Waals surface area (Å²) in [7, 11) is -3.71. The normalized spacial score (nSPS) is 27.9. The third-order valence-corrected chi connectivity index (χ3v) is 8.87. The van der Waals surface area contributed by atoms with Gasteiger partial charge in [0, 0.05) is 30.7 Å². The molecule has 1 aromatic heterocycles. The van der Waals surface area contributed by atoms with Crippen molar-refractivity contribution in [3.05, 3.63) is 42.2 Å². The van der Waals surface area contributed by atoms with Crippen LogP contribution >= 0.6 is 0 Å². The maximum absolute atomic E-state index is 14.0. The van der Waals surface area contributed by atoms with E-state index in [1.54, 1.807) is 18.2 Å². The van der Waals surface area contributed by atoms with Crippen molar-refractivity contribution in [3.63, 3.8) is 0 Å². The van der Waals surface area contributed by atoms with E-state index in [1.807, 2.05) is 12.1 Å². The highest BCUT2D eigenvalue weighted by atomic mass is 32.2. The Bertz CT molecular complexity index is 1440. The summed E-state index contributed by atoms with van der Waals surface area (Å²) in [6, 6.07) is 5.15. The number of aliphatic hydroxyl groups is 1. The zero-order chi connectivity index (χ0) is 28.6. The van der Waals surface area contributed by atoms with Crippen LogP contribution in [0.3, 0.4) is 0 Å². The minimum atomic E-state index is -3.71. The number of aliphatic hydroxyl groups excluding tert-OH is 1. The molecular weight excluding hydrogens is 542 g/mol. The Kier molecular flexibility index (Phi) is 7.75. The molecule has 2 unspecified atom stereocenters. The molecule has 5 rings (SSSR count). The van der Waals surface area contributed by atoms with E-state index in [9.17, 15) is 32.7 Å². The van der Waals surface area contributed by atoms with Crippen molar-refractivity contribution in [2.24, 2.45) is 0 Å². The Morgan fingerprint density at radius 1 is 1.07 bits per heavy atom. The van der Waals surface area contributed by atoms with Crippen LogP contribution in [0.1, 0.15) is 42.6 Å². The maximum Gasteiger partial charge on any atom is 0.310 e. The number of nitrogens with zero attached hydrogens (tertiary/aromatic N) is 3. The van der Waals surface area contributed by atoms with E-state index < -0.39 is 64.2 Å². The van der Waals surface area contributed by atoms with Gasteiger partial charge in [0.15, 0.2) is 0 Å². The van der Waals surface area contributed by atoms with Crippen molar-refractivity contribution < 1.29 is 37.4 Å². The molecule has 3 amide bonds. The van der Waals surface area contributed by atoms with Crippen LogP contribution in [0.25, 0.3) is 10.8 Å². The first-order chi connectivity index (χ1) is 19.0. The molecule has 214 valence electrons. The fourth-order valence-electron chi connectivity index (χ4n) is 5.62. The number of fused-ring (bicyclic) bond motifs is 2. The number of ether oxygens (including phenoxy) is 1. The average Bonchev–Trinajstić information content (AvgIpc) is 3.23. The van der Waals surface area contributed by atoms with Gasteiger partial charge in [-0.15, -0.1) is 0 Å². The second kappa shape index (κ2) is 11.1. The monoisotopic (exact) mass is 573 g/mol. The first-order valence-electron chi connectivity index (χ1n) is 13.1. The zero-order valence-corrected chi connectivity index (χ0v) is 22.7. The van der Waals surface area contributed by atoms with Gasteiger partial charge in [0.05, 0.1) is 12.7 Å². The topological polar surface area (TPSA) is 175 Å². The third-order valence-electron chi connectivity index (χ3n) is 7.63. The van der Waals surface area contributed by atoms with Crippen LogP contribution < -0.4 is 10.6 Å². The van der Waals surface area contributed by atoms with Crippen molar-refractivity contribution >= 4 is 44.5 Å². The second-order valence-corrected chi connectivity index (χ2v) is 12.4. The molecule has 14 heteroatoms. The maximum atomic E-state index is 14.0. The molecule has 0 radical (unpaired) electrons. The molecule has 3 N–H and O–H groups in total. The molecule has 0 aliphatic carbocycles. The summed E-state index contributed by atoms with van der Waals surface area (Å²) in [5.41, 5.74) is 0.167. The Morgan fingerprint density at radius 2 is 1.82 bits per heavy atom. The van der Waals surface area contributed by atoms with Gasteiger partial charge in [0.25, 0.3) is 5.91 Å². The number of hydrogen-bond acceptors (Lipinski definition) is 9. The van der Waals surface area contributed by atoms with Crippen LogP contribution in [0.2, 0.25) is 0 Å². The summed E-state index contributed by atoms with van der Waals surface area (Å²) < 4.78 is 30.9. The van der Waals surface area contributed by atoms with Crippen molar-refractivity contribution in [3.8, 4) is 0 Å². The lowest BCUT2D eigenvalue weighted by molar-refractivity contribution is -0.156. The summed E-state index contributed by atoms with van der Waals surface area (Å²) >= 11 is 0. The molecule has 0 saturated carbocycles. The molecule has 3 saturated heterocycles. The third kappa shape index (κ3) is 5.64. The number of carbonyl (C=O) groups is 4. The van der Waals surface area contributed by atoms with E-state index in [-0.39, 0.29) is 25.2 Å². The van der Waals surface area contributed by atoms with Crippen LogP contribution in [-0.4, -0.2) is 101 Å². The highest BCUT2D eigenvalue weighted by molar-refractivity contribution is 7.88. The summed E-state index contributed by atoms with van der Waals surface area (Å²) in [6.45, 7) is -0.302. The number of hydrogen-bond donors (Lipinski definition) is 3. The minimum absolute atomic E-state index is 0.00749. The number of carbonyl (C=O) groups excluding carboxylic acids is 4. The Balaban J connectivity index is 1.43. The lowest BCUT2D eigenvalue weighted by Crippen LogP contribution is -2.68. The number of pyridine rings is 1. The van der Waals surface area contributed by atoms with Crippen LogP contribution in [0.5, 0.6) is 0 Å². The number of aromatic nitrogens is 1. The number of benzene rings is 1. The van der Waals surface area contributed by atoms with Gasteiger partial charge >= 0.3 is 5.97 Å². The Morgan fingerprint density at radius 3 is 2.55 bits per heavy atom. The molecule has 13 nitrogen and oxygen atoms in total. The largest absolute Gasteiger partial charge is 0.434 e. The van der Waals surface area contributed by atoms with Gasteiger partial charge in [-0.05, 0) is 24.3 Å². The van der Waals surface area contributed by atoms with Gasteiger partial charge in [0.1, 0.15) is 23.8 Å². The van der Waals surface area contributed by atoms with E-state index in [1.165, 1.54) is 11.1 Å². The quantitative estimate of drug-likeness (QED) is 0.398. The molecule has 5 atom stereocenters. The molecule has 0 spiro atoms. The lowest BCUT2D eigenvalue weighted by Gasteiger charge is -2.47.